The summed E-state index contributed by atoms with van der Waals surface area (Å²) >= 11 is 0. The second kappa shape index (κ2) is 4.72. The maximum absolute atomic E-state index is 11.0. The summed E-state index contributed by atoms with van der Waals surface area (Å²) < 4.78 is 0. The highest BCUT2D eigenvalue weighted by Crippen LogP contribution is 2.32. The first-order valence-electron chi connectivity index (χ1n) is 6.19. The highest BCUT2D eigenvalue weighted by Gasteiger charge is 2.39. The van der Waals surface area contributed by atoms with Gasteiger partial charge in [-0.3, -0.25) is 4.79 Å². The molecule has 0 aromatic rings. The molecule has 2 aliphatic rings. The van der Waals surface area contributed by atoms with Gasteiger partial charge in [-0.15, -0.1) is 0 Å². The number of hydrogen-bond acceptors (Lipinski definition) is 3. The third-order valence-electron chi connectivity index (χ3n) is 4.16. The molecule has 92 valence electrons. The van der Waals surface area contributed by atoms with E-state index in [1.165, 1.54) is 13.0 Å². The molecule has 0 aromatic carbocycles. The zero-order valence-corrected chi connectivity index (χ0v) is 10.2. The van der Waals surface area contributed by atoms with Crippen LogP contribution in [0.3, 0.4) is 0 Å². The first kappa shape index (κ1) is 11.9. The van der Waals surface area contributed by atoms with E-state index in [2.05, 4.69) is 23.9 Å². The van der Waals surface area contributed by atoms with Gasteiger partial charge in [0.05, 0.1) is 5.92 Å². The molecule has 1 aliphatic carbocycles. The molecule has 1 N–H and O–H groups in total. The lowest BCUT2D eigenvalue weighted by molar-refractivity contribution is -0.148. The van der Waals surface area contributed by atoms with E-state index in [-0.39, 0.29) is 12.0 Å². The highest BCUT2D eigenvalue weighted by molar-refractivity contribution is 5.72. The summed E-state index contributed by atoms with van der Waals surface area (Å²) in [6, 6.07) is 0.281. The monoisotopic (exact) mass is 226 g/mol. The van der Waals surface area contributed by atoms with Gasteiger partial charge in [0.2, 0.25) is 0 Å². The third-order valence-corrected chi connectivity index (χ3v) is 4.16. The standard InChI is InChI=1S/C12H22N2O2/c1-13-6-5-9(7-13)8-14(2)11-4-3-10(11)12(15)16/h9-11H,3-8H2,1-2H3,(H,15,16). The van der Waals surface area contributed by atoms with Crippen LogP contribution in [0.2, 0.25) is 0 Å². The van der Waals surface area contributed by atoms with Crippen LogP contribution < -0.4 is 0 Å². The fourth-order valence-electron chi connectivity index (χ4n) is 3.02. The van der Waals surface area contributed by atoms with Crippen molar-refractivity contribution in [1.82, 2.24) is 9.80 Å². The van der Waals surface area contributed by atoms with Gasteiger partial charge in [0.1, 0.15) is 0 Å². The van der Waals surface area contributed by atoms with Crippen molar-refractivity contribution in [3.8, 4) is 0 Å². The van der Waals surface area contributed by atoms with Crippen LogP contribution in [-0.2, 0) is 4.79 Å². The van der Waals surface area contributed by atoms with Gasteiger partial charge in [0, 0.05) is 19.1 Å². The van der Waals surface area contributed by atoms with E-state index < -0.39 is 5.97 Å². The molecular weight excluding hydrogens is 204 g/mol. The van der Waals surface area contributed by atoms with Gasteiger partial charge in [0.15, 0.2) is 0 Å². The number of hydrogen-bond donors (Lipinski definition) is 1. The molecule has 4 nitrogen and oxygen atoms in total. The maximum Gasteiger partial charge on any atom is 0.308 e. The molecule has 3 atom stereocenters. The minimum atomic E-state index is -0.619. The molecule has 1 aliphatic heterocycles. The van der Waals surface area contributed by atoms with Crippen molar-refractivity contribution in [1.29, 1.82) is 0 Å². The maximum atomic E-state index is 11.0. The van der Waals surface area contributed by atoms with Crippen LogP contribution in [-0.4, -0.2) is 60.6 Å². The van der Waals surface area contributed by atoms with E-state index in [1.807, 2.05) is 0 Å². The van der Waals surface area contributed by atoms with Crippen molar-refractivity contribution < 1.29 is 9.90 Å². The lowest BCUT2D eigenvalue weighted by Gasteiger charge is -2.41. The van der Waals surface area contributed by atoms with Gasteiger partial charge >= 0.3 is 5.97 Å². The average Bonchev–Trinajstić information content (AvgIpc) is 2.47. The summed E-state index contributed by atoms with van der Waals surface area (Å²) in [7, 11) is 4.24. The van der Waals surface area contributed by atoms with Crippen molar-refractivity contribution in [3.05, 3.63) is 0 Å². The topological polar surface area (TPSA) is 43.8 Å². The zero-order chi connectivity index (χ0) is 11.7. The fraction of sp³-hybridized carbons (Fsp3) is 0.917. The Balaban J connectivity index is 1.79. The Kier molecular flexibility index (Phi) is 3.50. The Morgan fingerprint density at radius 3 is 2.62 bits per heavy atom. The molecule has 0 radical (unpaired) electrons. The number of rotatable bonds is 4. The molecule has 3 unspecified atom stereocenters. The Labute approximate surface area is 97.2 Å². The van der Waals surface area contributed by atoms with Gasteiger partial charge in [-0.25, -0.2) is 0 Å². The highest BCUT2D eigenvalue weighted by atomic mass is 16.4. The molecule has 1 saturated carbocycles. The summed E-state index contributed by atoms with van der Waals surface area (Å²) in [6.07, 6.45) is 3.16. The van der Waals surface area contributed by atoms with Crippen LogP contribution in [0, 0.1) is 11.8 Å². The van der Waals surface area contributed by atoms with Gasteiger partial charge in [-0.2, -0.15) is 0 Å². The van der Waals surface area contributed by atoms with Crippen LogP contribution in [0.15, 0.2) is 0 Å². The van der Waals surface area contributed by atoms with E-state index in [0.29, 0.717) is 0 Å². The molecule has 0 aromatic heterocycles. The predicted molar refractivity (Wildman–Crippen MR) is 62.4 cm³/mol. The minimum Gasteiger partial charge on any atom is -0.481 e. The molecule has 0 spiro atoms. The summed E-state index contributed by atoms with van der Waals surface area (Å²) in [6.45, 7) is 3.40. The van der Waals surface area contributed by atoms with Crippen LogP contribution in [0.25, 0.3) is 0 Å². The lowest BCUT2D eigenvalue weighted by Crippen LogP contribution is -2.50. The Hall–Kier alpha value is -0.610. The number of carbonyl (C=O) groups is 1. The molecule has 0 amide bonds. The number of carboxylic acid groups (broad SMARTS) is 1. The van der Waals surface area contributed by atoms with Crippen molar-refractivity contribution in [3.63, 3.8) is 0 Å². The second-order valence-electron chi connectivity index (χ2n) is 5.45. The van der Waals surface area contributed by atoms with Crippen LogP contribution in [0.5, 0.6) is 0 Å². The molecule has 1 saturated heterocycles. The number of nitrogens with zero attached hydrogens (tertiary/aromatic N) is 2. The molecule has 1 heterocycles. The summed E-state index contributed by atoms with van der Waals surface area (Å²) in [5.74, 6) is -0.0131. The van der Waals surface area contributed by atoms with Gasteiger partial charge in [0.25, 0.3) is 0 Å². The molecule has 4 heteroatoms. The van der Waals surface area contributed by atoms with E-state index in [9.17, 15) is 4.79 Å². The summed E-state index contributed by atoms with van der Waals surface area (Å²) in [5, 5.41) is 9.02. The van der Waals surface area contributed by atoms with E-state index >= 15 is 0 Å². The molecule has 16 heavy (non-hydrogen) atoms. The fourth-order valence-corrected chi connectivity index (χ4v) is 3.02. The Morgan fingerprint density at radius 1 is 1.44 bits per heavy atom. The van der Waals surface area contributed by atoms with Crippen molar-refractivity contribution in [2.45, 2.75) is 25.3 Å². The van der Waals surface area contributed by atoms with E-state index in [0.717, 1.165) is 31.8 Å². The van der Waals surface area contributed by atoms with E-state index in [1.54, 1.807) is 0 Å². The predicted octanol–water partition coefficient (Wildman–Crippen LogP) is 0.733. The molecule has 2 fully saturated rings. The molecule has 2 rings (SSSR count). The molecular formula is C12H22N2O2. The van der Waals surface area contributed by atoms with Crippen LogP contribution in [0.4, 0.5) is 0 Å². The van der Waals surface area contributed by atoms with Crippen molar-refractivity contribution in [2.75, 3.05) is 33.7 Å². The van der Waals surface area contributed by atoms with Gasteiger partial charge in [-0.1, -0.05) is 0 Å². The first-order chi connectivity index (χ1) is 7.58. The number of aliphatic carboxylic acids is 1. The van der Waals surface area contributed by atoms with Crippen molar-refractivity contribution in [2.24, 2.45) is 11.8 Å². The van der Waals surface area contributed by atoms with Gasteiger partial charge in [-0.05, 0) is 45.8 Å². The van der Waals surface area contributed by atoms with E-state index in [4.69, 9.17) is 5.11 Å². The van der Waals surface area contributed by atoms with Gasteiger partial charge < -0.3 is 14.9 Å². The Morgan fingerprint density at radius 2 is 2.19 bits per heavy atom. The van der Waals surface area contributed by atoms with Crippen LogP contribution in [0.1, 0.15) is 19.3 Å². The summed E-state index contributed by atoms with van der Waals surface area (Å²) in [5.41, 5.74) is 0. The average molecular weight is 226 g/mol. The second-order valence-corrected chi connectivity index (χ2v) is 5.45. The number of likely N-dealkylation sites (tertiary alicyclic amines) is 1. The smallest absolute Gasteiger partial charge is 0.308 e. The quantitative estimate of drug-likeness (QED) is 0.767. The largest absolute Gasteiger partial charge is 0.481 e. The molecule has 0 bridgehead atoms. The summed E-state index contributed by atoms with van der Waals surface area (Å²) in [4.78, 5) is 15.6. The normalized spacial score (nSPS) is 35.3. The number of carboxylic acids is 1. The Bertz CT molecular complexity index is 270. The zero-order valence-electron chi connectivity index (χ0n) is 10.2. The van der Waals surface area contributed by atoms with Crippen LogP contribution >= 0.6 is 0 Å². The third kappa shape index (κ3) is 2.38. The SMILES string of the molecule is CN1CCC(CN(C)C2CCC2C(=O)O)C1. The first-order valence-corrected chi connectivity index (χ1v) is 6.19. The lowest BCUT2D eigenvalue weighted by atomic mass is 9.78. The minimum absolute atomic E-state index is 0.121. The van der Waals surface area contributed by atoms with Crippen molar-refractivity contribution >= 4 is 5.97 Å².